The third-order valence-electron chi connectivity index (χ3n) is 6.66. The molecule has 1 aliphatic carbocycles. The van der Waals surface area contributed by atoms with Crippen LogP contribution in [0.15, 0.2) is 41.7 Å². The third kappa shape index (κ3) is 4.99. The van der Waals surface area contributed by atoms with Crippen LogP contribution in [0, 0.1) is 5.82 Å². The van der Waals surface area contributed by atoms with E-state index in [1.54, 1.807) is 15.5 Å². The average molecular weight is 509 g/mol. The number of aromatic carboxylic acids is 1. The molecule has 12 heteroatoms. The Bertz CT molecular complexity index is 1430. The molecule has 3 aromatic rings. The first-order chi connectivity index (χ1) is 17.8. The van der Waals surface area contributed by atoms with Crippen molar-refractivity contribution in [1.29, 1.82) is 0 Å². The highest BCUT2D eigenvalue weighted by Gasteiger charge is 2.29. The topological polar surface area (TPSA) is 138 Å². The Labute approximate surface area is 210 Å². The molecular weight excluding hydrogens is 483 g/mol. The number of amides is 2. The molecular formula is C25H25FN6O5. The molecule has 2 aromatic heterocycles. The van der Waals surface area contributed by atoms with Gasteiger partial charge in [0.25, 0.3) is 5.91 Å². The van der Waals surface area contributed by atoms with E-state index in [-0.39, 0.29) is 41.6 Å². The molecule has 1 aromatic carbocycles. The summed E-state index contributed by atoms with van der Waals surface area (Å²) in [6.07, 6.45) is 7.42. The van der Waals surface area contributed by atoms with Gasteiger partial charge in [-0.25, -0.2) is 14.2 Å². The molecule has 2 N–H and O–H groups in total. The van der Waals surface area contributed by atoms with Crippen molar-refractivity contribution in [3.63, 3.8) is 0 Å². The zero-order valence-electron chi connectivity index (χ0n) is 19.9. The normalized spacial score (nSPS) is 15.6. The lowest BCUT2D eigenvalue weighted by Gasteiger charge is -2.36. The molecule has 192 valence electrons. The van der Waals surface area contributed by atoms with Crippen molar-refractivity contribution >= 4 is 34.4 Å². The second kappa shape index (κ2) is 9.96. The summed E-state index contributed by atoms with van der Waals surface area (Å²) < 4.78 is 16.9. The molecule has 2 amide bonds. The Balaban J connectivity index is 1.25. The van der Waals surface area contributed by atoms with E-state index in [0.717, 1.165) is 18.9 Å². The molecule has 3 heterocycles. The Hall–Kier alpha value is -4.35. The van der Waals surface area contributed by atoms with Crippen LogP contribution in [-0.4, -0.2) is 75.0 Å². The second-order valence-corrected chi connectivity index (χ2v) is 9.10. The lowest BCUT2D eigenvalue weighted by molar-refractivity contribution is -0.131. The lowest BCUT2D eigenvalue weighted by atomic mass is 10.1. The number of carboxylic acid groups (broad SMARTS) is 1. The molecule has 1 aliphatic heterocycles. The first kappa shape index (κ1) is 24.3. The molecule has 0 atom stereocenters. The molecule has 37 heavy (non-hydrogen) atoms. The SMILES string of the molecule is O=C(NCCC(=O)N1CCN(c2cc3c(cc2F)c(=O)c(C(=O)O)cn3C2CC2)CC1)c1cnccn1. The molecule has 0 bridgehead atoms. The van der Waals surface area contributed by atoms with Gasteiger partial charge in [0.1, 0.15) is 17.1 Å². The number of halogens is 1. The van der Waals surface area contributed by atoms with Crippen LogP contribution >= 0.6 is 0 Å². The molecule has 0 radical (unpaired) electrons. The van der Waals surface area contributed by atoms with E-state index in [1.807, 2.05) is 4.90 Å². The largest absolute Gasteiger partial charge is 0.477 e. The first-order valence-electron chi connectivity index (χ1n) is 12.0. The van der Waals surface area contributed by atoms with Gasteiger partial charge in [0.2, 0.25) is 11.3 Å². The van der Waals surface area contributed by atoms with Gasteiger partial charge in [0.05, 0.1) is 17.4 Å². The summed E-state index contributed by atoms with van der Waals surface area (Å²) in [5, 5.41) is 12.1. The fourth-order valence-electron chi connectivity index (χ4n) is 4.55. The number of benzene rings is 1. The van der Waals surface area contributed by atoms with Crippen LogP contribution in [-0.2, 0) is 4.79 Å². The molecule has 5 rings (SSSR count). The van der Waals surface area contributed by atoms with E-state index in [0.29, 0.717) is 37.4 Å². The fourth-order valence-corrected chi connectivity index (χ4v) is 4.55. The van der Waals surface area contributed by atoms with E-state index in [2.05, 4.69) is 15.3 Å². The summed E-state index contributed by atoms with van der Waals surface area (Å²) in [5.74, 6) is -2.47. The number of anilines is 1. The molecule has 11 nitrogen and oxygen atoms in total. The predicted octanol–water partition coefficient (Wildman–Crippen LogP) is 1.43. The standard InChI is InChI=1S/C25H25FN6O5/c26-18-11-16-20(32(15-1-2-15)14-17(23(16)34)25(36)37)12-21(18)30-7-9-31(10-8-30)22(33)3-4-29-24(35)19-13-27-5-6-28-19/h5-6,11-15H,1-4,7-10H2,(H,29,35)(H,36,37). The quantitative estimate of drug-likeness (QED) is 0.489. The van der Waals surface area contributed by atoms with Crippen LogP contribution in [0.25, 0.3) is 10.9 Å². The van der Waals surface area contributed by atoms with Crippen LogP contribution < -0.4 is 15.6 Å². The number of piperazine rings is 1. The maximum absolute atomic E-state index is 15.1. The van der Waals surface area contributed by atoms with Crippen molar-refractivity contribution in [3.8, 4) is 0 Å². The number of carbonyl (C=O) groups is 3. The molecule has 2 fully saturated rings. The summed E-state index contributed by atoms with van der Waals surface area (Å²) in [7, 11) is 0. The lowest BCUT2D eigenvalue weighted by Crippen LogP contribution is -2.49. The smallest absolute Gasteiger partial charge is 0.341 e. The summed E-state index contributed by atoms with van der Waals surface area (Å²) in [4.78, 5) is 60.1. The number of nitrogens with one attached hydrogen (secondary N) is 1. The summed E-state index contributed by atoms with van der Waals surface area (Å²) in [5.41, 5.74) is -0.0792. The number of aromatic nitrogens is 3. The molecule has 2 aliphatic rings. The zero-order chi connectivity index (χ0) is 26.1. The summed E-state index contributed by atoms with van der Waals surface area (Å²) >= 11 is 0. The minimum absolute atomic E-state index is 0.0467. The third-order valence-corrected chi connectivity index (χ3v) is 6.66. The molecule has 0 unspecified atom stereocenters. The molecule has 0 spiro atoms. The van der Waals surface area contributed by atoms with Crippen molar-refractivity contribution in [2.45, 2.75) is 25.3 Å². The van der Waals surface area contributed by atoms with Crippen LogP contribution in [0.5, 0.6) is 0 Å². The minimum atomic E-state index is -1.33. The van der Waals surface area contributed by atoms with Crippen molar-refractivity contribution in [3.05, 3.63) is 64.2 Å². The number of nitrogens with zero attached hydrogens (tertiary/aromatic N) is 5. The van der Waals surface area contributed by atoms with Crippen molar-refractivity contribution in [2.24, 2.45) is 0 Å². The van der Waals surface area contributed by atoms with Crippen LogP contribution in [0.3, 0.4) is 0 Å². The van der Waals surface area contributed by atoms with E-state index in [4.69, 9.17) is 0 Å². The Morgan fingerprint density at radius 1 is 1.11 bits per heavy atom. The van der Waals surface area contributed by atoms with Gasteiger partial charge in [0.15, 0.2) is 0 Å². The van der Waals surface area contributed by atoms with Gasteiger partial charge in [-0.1, -0.05) is 0 Å². The van der Waals surface area contributed by atoms with Gasteiger partial charge in [-0.2, -0.15) is 0 Å². The number of rotatable bonds is 7. The predicted molar refractivity (Wildman–Crippen MR) is 131 cm³/mol. The second-order valence-electron chi connectivity index (χ2n) is 9.10. The van der Waals surface area contributed by atoms with Gasteiger partial charge < -0.3 is 24.8 Å². The Morgan fingerprint density at radius 3 is 2.51 bits per heavy atom. The Kier molecular flexibility index (Phi) is 6.55. The number of fused-ring (bicyclic) bond motifs is 1. The van der Waals surface area contributed by atoms with Gasteiger partial charge in [-0.15, -0.1) is 0 Å². The number of carboxylic acids is 1. The van der Waals surface area contributed by atoms with Crippen LogP contribution in [0.1, 0.15) is 46.2 Å². The highest BCUT2D eigenvalue weighted by molar-refractivity contribution is 5.94. The van der Waals surface area contributed by atoms with Gasteiger partial charge in [-0.05, 0) is 25.0 Å². The van der Waals surface area contributed by atoms with Crippen molar-refractivity contribution in [2.75, 3.05) is 37.6 Å². The maximum atomic E-state index is 15.1. The highest BCUT2D eigenvalue weighted by Crippen LogP contribution is 2.38. The van der Waals surface area contributed by atoms with Crippen LogP contribution in [0.2, 0.25) is 0 Å². The molecule has 1 saturated heterocycles. The van der Waals surface area contributed by atoms with Gasteiger partial charge in [0, 0.05) is 69.2 Å². The van der Waals surface area contributed by atoms with Crippen molar-refractivity contribution in [1.82, 2.24) is 24.8 Å². The monoisotopic (exact) mass is 508 g/mol. The Morgan fingerprint density at radius 2 is 1.86 bits per heavy atom. The van der Waals surface area contributed by atoms with E-state index in [9.17, 15) is 24.3 Å². The van der Waals surface area contributed by atoms with E-state index >= 15 is 4.39 Å². The summed E-state index contributed by atoms with van der Waals surface area (Å²) in [6.45, 7) is 1.69. The number of pyridine rings is 1. The van der Waals surface area contributed by atoms with Crippen LogP contribution in [0.4, 0.5) is 10.1 Å². The maximum Gasteiger partial charge on any atom is 0.341 e. The zero-order valence-corrected chi connectivity index (χ0v) is 19.9. The van der Waals surface area contributed by atoms with E-state index in [1.165, 1.54) is 24.8 Å². The summed E-state index contributed by atoms with van der Waals surface area (Å²) in [6, 6.07) is 2.81. The van der Waals surface area contributed by atoms with Crippen molar-refractivity contribution < 1.29 is 23.9 Å². The fraction of sp³-hybridized carbons (Fsp3) is 0.360. The van der Waals surface area contributed by atoms with Gasteiger partial charge in [-0.3, -0.25) is 19.4 Å². The van der Waals surface area contributed by atoms with Gasteiger partial charge >= 0.3 is 5.97 Å². The molecule has 1 saturated carbocycles. The van der Waals surface area contributed by atoms with E-state index < -0.39 is 23.1 Å². The number of carbonyl (C=O) groups excluding carboxylic acids is 2. The highest BCUT2D eigenvalue weighted by atomic mass is 19.1. The average Bonchev–Trinajstić information content (AvgIpc) is 3.75. The number of hydrogen-bond acceptors (Lipinski definition) is 7. The first-order valence-corrected chi connectivity index (χ1v) is 12.0. The minimum Gasteiger partial charge on any atom is -0.477 e. The number of hydrogen-bond donors (Lipinski definition) is 2.